The smallest absolute Gasteiger partial charge is 0.190 e. The average molecular weight is 535 g/mol. The van der Waals surface area contributed by atoms with E-state index in [1.807, 2.05) is 0 Å². The van der Waals surface area contributed by atoms with Crippen LogP contribution in [0.4, 0.5) is 0 Å². The Balaban J connectivity index is 1.99. The normalized spacial score (nSPS) is 12.2. The van der Waals surface area contributed by atoms with E-state index in [0.717, 1.165) is 44.9 Å². The van der Waals surface area contributed by atoms with E-state index in [9.17, 15) is 0 Å². The van der Waals surface area contributed by atoms with Crippen LogP contribution in [-0.2, 0) is 10.8 Å². The molecule has 0 spiro atoms. The molecule has 40 heavy (non-hydrogen) atoms. The van der Waals surface area contributed by atoms with Crippen LogP contribution in [-0.4, -0.2) is 0 Å². The minimum Gasteiger partial charge on any atom is -0.289 e. The van der Waals surface area contributed by atoms with Gasteiger partial charge in [-0.05, 0) is 44.9 Å². The predicted molar refractivity (Wildman–Crippen MR) is 171 cm³/mol. The molecule has 0 unspecified atom stereocenters. The van der Waals surface area contributed by atoms with E-state index in [4.69, 9.17) is 9.78 Å². The molecule has 2 nitrogen and oxygen atoms in total. The van der Waals surface area contributed by atoms with Gasteiger partial charge in [0.1, 0.15) is 0 Å². The third-order valence-electron chi connectivity index (χ3n) is 7.57. The highest BCUT2D eigenvalue weighted by molar-refractivity contribution is 5.79. The Labute approximate surface area is 242 Å². The molecule has 0 atom stereocenters. The van der Waals surface area contributed by atoms with E-state index in [1.54, 1.807) is 0 Å². The Bertz CT molecular complexity index is 1320. The standard InChI is InChI=1S/C38H46O2/c1-25(2)29-21-23-31(37(5,6)7)33(27-17-13-11-14-18-27)35(29)39-40-36-30(26(3)4)22-24-32(38(8,9)10)34(36)28-19-15-12-16-20-28/h11-26H,1-10H3. The van der Waals surface area contributed by atoms with Crippen molar-refractivity contribution >= 4 is 0 Å². The highest BCUT2D eigenvalue weighted by atomic mass is 17.2. The number of hydrogen-bond donors (Lipinski definition) is 0. The largest absolute Gasteiger partial charge is 0.289 e. The molecule has 4 aromatic carbocycles. The maximum Gasteiger partial charge on any atom is 0.190 e. The van der Waals surface area contributed by atoms with Crippen molar-refractivity contribution in [3.05, 3.63) is 107 Å². The van der Waals surface area contributed by atoms with E-state index in [-0.39, 0.29) is 22.7 Å². The van der Waals surface area contributed by atoms with Gasteiger partial charge in [-0.25, -0.2) is 0 Å². The Morgan fingerprint density at radius 2 is 0.775 bits per heavy atom. The molecule has 0 aromatic heterocycles. The first kappa shape index (κ1) is 29.5. The van der Waals surface area contributed by atoms with Crippen LogP contribution >= 0.6 is 0 Å². The summed E-state index contributed by atoms with van der Waals surface area (Å²) in [6, 6.07) is 30.1. The van der Waals surface area contributed by atoms with Gasteiger partial charge in [-0.1, -0.05) is 154 Å². The minimum atomic E-state index is -0.0801. The topological polar surface area (TPSA) is 18.5 Å². The Morgan fingerprint density at radius 1 is 0.450 bits per heavy atom. The van der Waals surface area contributed by atoms with Gasteiger partial charge < -0.3 is 0 Å². The van der Waals surface area contributed by atoms with E-state index in [0.29, 0.717) is 0 Å². The Hall–Kier alpha value is -3.52. The average Bonchev–Trinajstić information content (AvgIpc) is 2.90. The van der Waals surface area contributed by atoms with Crippen LogP contribution in [0.3, 0.4) is 0 Å². The molecule has 0 aliphatic rings. The molecule has 4 aromatic rings. The van der Waals surface area contributed by atoms with Crippen LogP contribution in [0, 0.1) is 0 Å². The fourth-order valence-corrected chi connectivity index (χ4v) is 5.40. The van der Waals surface area contributed by atoms with Gasteiger partial charge in [0.2, 0.25) is 0 Å². The second-order valence-corrected chi connectivity index (χ2v) is 13.5. The minimum absolute atomic E-state index is 0.0801. The number of benzene rings is 4. The zero-order valence-corrected chi connectivity index (χ0v) is 26.1. The first-order chi connectivity index (χ1) is 18.8. The van der Waals surface area contributed by atoms with Crippen LogP contribution in [0.25, 0.3) is 22.3 Å². The summed E-state index contributed by atoms with van der Waals surface area (Å²) in [5, 5.41) is 0. The van der Waals surface area contributed by atoms with E-state index >= 15 is 0 Å². The van der Waals surface area contributed by atoms with E-state index < -0.39 is 0 Å². The SMILES string of the molecule is CC(C)c1ccc(C(C)(C)C)c(-c2ccccc2)c1OOc1c(C(C)C)ccc(C(C)(C)C)c1-c1ccccc1. The zero-order valence-electron chi connectivity index (χ0n) is 26.1. The zero-order chi connectivity index (χ0) is 29.2. The van der Waals surface area contributed by atoms with Crippen LogP contribution in [0.1, 0.15) is 103 Å². The van der Waals surface area contributed by atoms with Gasteiger partial charge in [-0.3, -0.25) is 9.78 Å². The van der Waals surface area contributed by atoms with Gasteiger partial charge in [0.25, 0.3) is 0 Å². The van der Waals surface area contributed by atoms with Gasteiger partial charge in [0, 0.05) is 22.3 Å². The highest BCUT2D eigenvalue weighted by Crippen LogP contribution is 2.47. The molecule has 0 N–H and O–H groups in total. The molecule has 0 radical (unpaired) electrons. The molecule has 0 saturated heterocycles. The Morgan fingerprint density at radius 3 is 1.05 bits per heavy atom. The van der Waals surface area contributed by atoms with Crippen molar-refractivity contribution < 1.29 is 9.78 Å². The van der Waals surface area contributed by atoms with Gasteiger partial charge in [0.15, 0.2) is 11.5 Å². The van der Waals surface area contributed by atoms with Crippen LogP contribution < -0.4 is 9.78 Å². The fourth-order valence-electron chi connectivity index (χ4n) is 5.40. The van der Waals surface area contributed by atoms with Crippen molar-refractivity contribution in [1.29, 1.82) is 0 Å². The first-order valence-corrected chi connectivity index (χ1v) is 14.6. The summed E-state index contributed by atoms with van der Waals surface area (Å²) >= 11 is 0. The first-order valence-electron chi connectivity index (χ1n) is 14.6. The molecule has 0 heterocycles. The summed E-state index contributed by atoms with van der Waals surface area (Å²) in [5.41, 5.74) is 9.02. The summed E-state index contributed by atoms with van der Waals surface area (Å²) in [6.07, 6.45) is 0. The van der Waals surface area contributed by atoms with Gasteiger partial charge in [0.05, 0.1) is 0 Å². The van der Waals surface area contributed by atoms with Gasteiger partial charge >= 0.3 is 0 Å². The fraction of sp³-hybridized carbons (Fsp3) is 0.368. The van der Waals surface area contributed by atoms with Crippen LogP contribution in [0.2, 0.25) is 0 Å². The van der Waals surface area contributed by atoms with Crippen LogP contribution in [0.15, 0.2) is 84.9 Å². The second kappa shape index (κ2) is 11.5. The van der Waals surface area contributed by atoms with Crippen molar-refractivity contribution in [3.8, 4) is 33.8 Å². The highest BCUT2D eigenvalue weighted by Gasteiger charge is 2.29. The molecule has 0 amide bonds. The monoisotopic (exact) mass is 534 g/mol. The molecule has 0 aliphatic heterocycles. The molecular weight excluding hydrogens is 488 g/mol. The molecule has 0 saturated carbocycles. The van der Waals surface area contributed by atoms with Crippen molar-refractivity contribution in [2.24, 2.45) is 0 Å². The third kappa shape index (κ3) is 6.12. The van der Waals surface area contributed by atoms with Gasteiger partial charge in [-0.15, -0.1) is 0 Å². The lowest BCUT2D eigenvalue weighted by Crippen LogP contribution is -2.17. The van der Waals surface area contributed by atoms with Crippen molar-refractivity contribution in [2.45, 2.75) is 91.9 Å². The Kier molecular flexibility index (Phi) is 8.49. The second-order valence-electron chi connectivity index (χ2n) is 13.5. The molecule has 0 aliphatic carbocycles. The van der Waals surface area contributed by atoms with E-state index in [2.05, 4.69) is 154 Å². The number of rotatable bonds is 7. The van der Waals surface area contributed by atoms with Crippen LogP contribution in [0.5, 0.6) is 11.5 Å². The lowest BCUT2D eigenvalue weighted by atomic mass is 9.79. The predicted octanol–water partition coefficient (Wildman–Crippen LogP) is 11.2. The third-order valence-corrected chi connectivity index (χ3v) is 7.57. The van der Waals surface area contributed by atoms with Gasteiger partial charge in [-0.2, -0.15) is 0 Å². The molecule has 0 bridgehead atoms. The molecule has 0 fully saturated rings. The molecule has 210 valence electrons. The summed E-state index contributed by atoms with van der Waals surface area (Å²) in [4.78, 5) is 13.3. The van der Waals surface area contributed by atoms with Crippen molar-refractivity contribution in [1.82, 2.24) is 0 Å². The maximum absolute atomic E-state index is 6.63. The van der Waals surface area contributed by atoms with Crippen molar-refractivity contribution in [3.63, 3.8) is 0 Å². The van der Waals surface area contributed by atoms with Crippen molar-refractivity contribution in [2.75, 3.05) is 0 Å². The summed E-state index contributed by atoms with van der Waals surface area (Å²) in [6.45, 7) is 22.4. The summed E-state index contributed by atoms with van der Waals surface area (Å²) < 4.78 is 0. The number of hydrogen-bond acceptors (Lipinski definition) is 2. The quantitative estimate of drug-likeness (QED) is 0.173. The maximum atomic E-state index is 6.63. The molecular formula is C38H46O2. The lowest BCUT2D eigenvalue weighted by molar-refractivity contribution is -0.101. The lowest BCUT2D eigenvalue weighted by Gasteiger charge is -2.29. The summed E-state index contributed by atoms with van der Waals surface area (Å²) in [7, 11) is 0. The van der Waals surface area contributed by atoms with E-state index in [1.165, 1.54) is 11.1 Å². The summed E-state index contributed by atoms with van der Waals surface area (Å²) in [5.74, 6) is 2.11. The molecule has 4 rings (SSSR count). The molecule has 2 heteroatoms.